The maximum atomic E-state index is 12.6. The van der Waals surface area contributed by atoms with Crippen LogP contribution in [0.1, 0.15) is 56.0 Å². The molecule has 1 aromatic rings. The molecule has 3 rings (SSSR count). The number of nitrogens with one attached hydrogen (secondary N) is 1. The molecule has 1 fully saturated rings. The van der Waals surface area contributed by atoms with Gasteiger partial charge in [0.1, 0.15) is 0 Å². The van der Waals surface area contributed by atoms with Crippen LogP contribution in [-0.4, -0.2) is 39.1 Å². The normalized spacial score (nSPS) is 17.3. The molecule has 2 amide bonds. The summed E-state index contributed by atoms with van der Waals surface area (Å²) in [6, 6.07) is 0.287. The van der Waals surface area contributed by atoms with E-state index in [2.05, 4.69) is 10.4 Å². The highest BCUT2D eigenvalue weighted by Gasteiger charge is 2.29. The number of carbonyl (C=O) groups is 2. The predicted octanol–water partition coefficient (Wildman–Crippen LogP) is 1.32. The van der Waals surface area contributed by atoms with Gasteiger partial charge in [-0.15, -0.1) is 0 Å². The number of carbonyl (C=O) groups excluding carboxylic acids is 2. The molecule has 23 heavy (non-hydrogen) atoms. The van der Waals surface area contributed by atoms with Gasteiger partial charge in [-0.05, 0) is 37.7 Å². The maximum absolute atomic E-state index is 12.6. The Morgan fingerprint density at radius 2 is 2.00 bits per heavy atom. The molecule has 0 radical (unpaired) electrons. The van der Waals surface area contributed by atoms with Gasteiger partial charge in [0, 0.05) is 25.7 Å². The summed E-state index contributed by atoms with van der Waals surface area (Å²) in [4.78, 5) is 25.7. The Morgan fingerprint density at radius 1 is 1.26 bits per heavy atom. The van der Waals surface area contributed by atoms with E-state index in [1.165, 1.54) is 37.4 Å². The van der Waals surface area contributed by atoms with Gasteiger partial charge in [-0.25, -0.2) is 0 Å². The zero-order valence-corrected chi connectivity index (χ0v) is 14.1. The van der Waals surface area contributed by atoms with Crippen LogP contribution in [-0.2, 0) is 36.0 Å². The number of fused-ring (bicyclic) bond motifs is 1. The zero-order chi connectivity index (χ0) is 16.4. The zero-order valence-electron chi connectivity index (χ0n) is 14.1. The van der Waals surface area contributed by atoms with E-state index < -0.39 is 0 Å². The van der Waals surface area contributed by atoms with Crippen LogP contribution in [0.25, 0.3) is 0 Å². The van der Waals surface area contributed by atoms with Gasteiger partial charge >= 0.3 is 0 Å². The van der Waals surface area contributed by atoms with Gasteiger partial charge in [-0.3, -0.25) is 14.3 Å². The van der Waals surface area contributed by atoms with Gasteiger partial charge in [0.25, 0.3) is 0 Å². The van der Waals surface area contributed by atoms with Gasteiger partial charge < -0.3 is 10.2 Å². The summed E-state index contributed by atoms with van der Waals surface area (Å²) in [5, 5.41) is 7.29. The summed E-state index contributed by atoms with van der Waals surface area (Å²) in [6.07, 6.45) is 7.79. The third-order valence-electron chi connectivity index (χ3n) is 5.09. The van der Waals surface area contributed by atoms with E-state index in [0.717, 1.165) is 31.4 Å². The van der Waals surface area contributed by atoms with Crippen molar-refractivity contribution in [2.75, 3.05) is 6.54 Å². The van der Waals surface area contributed by atoms with Crippen molar-refractivity contribution in [3.63, 3.8) is 0 Å². The van der Waals surface area contributed by atoms with Crippen molar-refractivity contribution >= 4 is 11.8 Å². The highest BCUT2D eigenvalue weighted by Crippen LogP contribution is 2.29. The Labute approximate surface area is 137 Å². The summed E-state index contributed by atoms with van der Waals surface area (Å²) in [6.45, 7) is 2.10. The Morgan fingerprint density at radius 3 is 2.70 bits per heavy atom. The van der Waals surface area contributed by atoms with Gasteiger partial charge in [0.2, 0.25) is 11.8 Å². The first-order chi connectivity index (χ1) is 11.1. The molecule has 0 atom stereocenters. The summed E-state index contributed by atoms with van der Waals surface area (Å²) in [7, 11) is 1.99. The summed E-state index contributed by atoms with van der Waals surface area (Å²) < 4.78 is 1.97. The molecule has 0 unspecified atom stereocenters. The molecule has 0 saturated heterocycles. The molecule has 1 heterocycles. The van der Waals surface area contributed by atoms with Crippen LogP contribution in [0.3, 0.4) is 0 Å². The first-order valence-corrected chi connectivity index (χ1v) is 8.63. The lowest BCUT2D eigenvalue weighted by Gasteiger charge is -2.29. The lowest BCUT2D eigenvalue weighted by Crippen LogP contribution is -2.44. The maximum Gasteiger partial charge on any atom is 0.242 e. The van der Waals surface area contributed by atoms with Gasteiger partial charge in [0.15, 0.2) is 0 Å². The lowest BCUT2D eigenvalue weighted by molar-refractivity contribution is -0.135. The van der Waals surface area contributed by atoms with Crippen molar-refractivity contribution in [3.8, 4) is 0 Å². The largest absolute Gasteiger partial charge is 0.347 e. The minimum absolute atomic E-state index is 0.00417. The summed E-state index contributed by atoms with van der Waals surface area (Å²) in [5.41, 5.74) is 3.70. The molecule has 2 aliphatic rings. The van der Waals surface area contributed by atoms with Crippen molar-refractivity contribution in [2.45, 2.75) is 64.5 Å². The standard InChI is InChI=1S/C17H26N4O2/c1-12(22)18-10-17(23)21(13-6-3-4-7-13)11-15-14-8-5-9-16(14)20(2)19-15/h13H,3-11H2,1-2H3,(H,18,22). The average molecular weight is 318 g/mol. The minimum Gasteiger partial charge on any atom is -0.347 e. The number of rotatable bonds is 5. The molecule has 1 aromatic heterocycles. The minimum atomic E-state index is -0.163. The SMILES string of the molecule is CC(=O)NCC(=O)N(Cc1nn(C)c2c1CCC2)C1CCCC1. The number of aromatic nitrogens is 2. The van der Waals surface area contributed by atoms with E-state index >= 15 is 0 Å². The van der Waals surface area contributed by atoms with Crippen molar-refractivity contribution in [2.24, 2.45) is 7.05 Å². The van der Waals surface area contributed by atoms with Crippen LogP contribution in [0, 0.1) is 0 Å². The molecule has 1 N–H and O–H groups in total. The fourth-order valence-electron chi connectivity index (χ4n) is 3.92. The highest BCUT2D eigenvalue weighted by molar-refractivity contribution is 5.83. The first kappa shape index (κ1) is 16.0. The van der Waals surface area contributed by atoms with E-state index in [-0.39, 0.29) is 24.4 Å². The number of nitrogens with zero attached hydrogens (tertiary/aromatic N) is 3. The smallest absolute Gasteiger partial charge is 0.242 e. The van der Waals surface area contributed by atoms with Crippen LogP contribution >= 0.6 is 0 Å². The first-order valence-electron chi connectivity index (χ1n) is 8.63. The van der Waals surface area contributed by atoms with E-state index in [9.17, 15) is 9.59 Å². The Bertz CT molecular complexity index is 602. The van der Waals surface area contributed by atoms with Crippen LogP contribution in [0.15, 0.2) is 0 Å². The van der Waals surface area contributed by atoms with E-state index in [1.807, 2.05) is 16.6 Å². The molecular formula is C17H26N4O2. The molecule has 126 valence electrons. The molecule has 6 nitrogen and oxygen atoms in total. The van der Waals surface area contributed by atoms with Crippen molar-refractivity contribution < 1.29 is 9.59 Å². The summed E-state index contributed by atoms with van der Waals surface area (Å²) >= 11 is 0. The van der Waals surface area contributed by atoms with Gasteiger partial charge in [0.05, 0.1) is 18.8 Å². The fraction of sp³-hybridized carbons (Fsp3) is 0.706. The number of amides is 2. The predicted molar refractivity (Wildman–Crippen MR) is 86.7 cm³/mol. The lowest BCUT2D eigenvalue weighted by atomic mass is 10.1. The van der Waals surface area contributed by atoms with Crippen LogP contribution in [0.5, 0.6) is 0 Å². The van der Waals surface area contributed by atoms with E-state index in [1.54, 1.807) is 0 Å². The van der Waals surface area contributed by atoms with Crippen molar-refractivity contribution in [1.29, 1.82) is 0 Å². The number of hydrogen-bond acceptors (Lipinski definition) is 3. The number of aryl methyl sites for hydroxylation is 1. The molecular weight excluding hydrogens is 292 g/mol. The third kappa shape index (κ3) is 3.41. The topological polar surface area (TPSA) is 67.2 Å². The Hall–Kier alpha value is -1.85. The third-order valence-corrected chi connectivity index (χ3v) is 5.09. The second kappa shape index (κ2) is 6.72. The second-order valence-electron chi connectivity index (χ2n) is 6.72. The summed E-state index contributed by atoms with van der Waals surface area (Å²) in [5.74, 6) is -0.159. The molecule has 6 heteroatoms. The highest BCUT2D eigenvalue weighted by atomic mass is 16.2. The molecule has 2 aliphatic carbocycles. The van der Waals surface area contributed by atoms with Gasteiger partial charge in [-0.1, -0.05) is 12.8 Å². The molecule has 1 saturated carbocycles. The fourth-order valence-corrected chi connectivity index (χ4v) is 3.92. The van der Waals surface area contributed by atoms with Crippen molar-refractivity contribution in [3.05, 3.63) is 17.0 Å². The van der Waals surface area contributed by atoms with E-state index in [0.29, 0.717) is 6.54 Å². The molecule has 0 aromatic carbocycles. The second-order valence-corrected chi connectivity index (χ2v) is 6.72. The molecule has 0 spiro atoms. The quantitative estimate of drug-likeness (QED) is 0.890. The van der Waals surface area contributed by atoms with Gasteiger partial charge in [-0.2, -0.15) is 5.10 Å². The Kier molecular flexibility index (Phi) is 4.68. The average Bonchev–Trinajstić information content (AvgIpc) is 3.22. The number of hydrogen-bond donors (Lipinski definition) is 1. The molecule has 0 aliphatic heterocycles. The van der Waals surface area contributed by atoms with Crippen LogP contribution in [0.4, 0.5) is 0 Å². The van der Waals surface area contributed by atoms with Crippen LogP contribution in [0.2, 0.25) is 0 Å². The Balaban J connectivity index is 1.77. The van der Waals surface area contributed by atoms with Crippen LogP contribution < -0.4 is 5.32 Å². The molecule has 0 bridgehead atoms. The monoisotopic (exact) mass is 318 g/mol. The van der Waals surface area contributed by atoms with E-state index in [4.69, 9.17) is 0 Å². The van der Waals surface area contributed by atoms with Crippen molar-refractivity contribution in [1.82, 2.24) is 20.0 Å².